The number of pyridine rings is 1. The van der Waals surface area contributed by atoms with E-state index in [0.717, 1.165) is 42.6 Å². The Morgan fingerprint density at radius 2 is 1.86 bits per heavy atom. The second-order valence-electron chi connectivity index (χ2n) is 7.75. The molecule has 28 heavy (non-hydrogen) atoms. The summed E-state index contributed by atoms with van der Waals surface area (Å²) in [5.41, 5.74) is 1.69. The number of hydrogen-bond donors (Lipinski definition) is 2. The highest BCUT2D eigenvalue weighted by Gasteiger charge is 2.23. The van der Waals surface area contributed by atoms with Gasteiger partial charge in [-0.3, -0.25) is 0 Å². The minimum absolute atomic E-state index is 0.257. The number of sulfonamides is 1. The minimum Gasteiger partial charge on any atom is -0.367 e. The summed E-state index contributed by atoms with van der Waals surface area (Å²) in [6.45, 7) is 3.90. The van der Waals surface area contributed by atoms with Crippen LogP contribution in [0.1, 0.15) is 39.5 Å². The van der Waals surface area contributed by atoms with E-state index in [9.17, 15) is 12.8 Å². The fourth-order valence-corrected chi connectivity index (χ4v) is 4.24. The van der Waals surface area contributed by atoms with Gasteiger partial charge in [-0.2, -0.15) is 0 Å². The third-order valence-electron chi connectivity index (χ3n) is 5.31. The first-order chi connectivity index (χ1) is 13.3. The number of rotatable bonds is 7. The number of aromatic nitrogens is 1. The zero-order chi connectivity index (χ0) is 20.1. The largest absolute Gasteiger partial charge is 0.367 e. The molecule has 0 spiro atoms. The number of benzene rings is 1. The van der Waals surface area contributed by atoms with Gasteiger partial charge in [0.15, 0.2) is 0 Å². The number of anilines is 1. The van der Waals surface area contributed by atoms with Crippen LogP contribution < -0.4 is 10.0 Å². The molecule has 1 fully saturated rings. The fraction of sp³-hybridized carbons (Fsp3) is 0.476. The first kappa shape index (κ1) is 20.7. The van der Waals surface area contributed by atoms with E-state index >= 15 is 0 Å². The zero-order valence-electron chi connectivity index (χ0n) is 16.4. The molecule has 2 aromatic rings. The van der Waals surface area contributed by atoms with Crippen LogP contribution in [0.25, 0.3) is 11.1 Å². The Hall–Kier alpha value is -1.99. The maximum atomic E-state index is 13.4. The highest BCUT2D eigenvalue weighted by atomic mass is 32.2. The molecule has 1 saturated carbocycles. The predicted molar refractivity (Wildman–Crippen MR) is 111 cm³/mol. The first-order valence-electron chi connectivity index (χ1n) is 9.80. The molecule has 0 atom stereocenters. The van der Waals surface area contributed by atoms with Crippen LogP contribution in [-0.2, 0) is 10.0 Å². The smallest absolute Gasteiger partial charge is 0.213 e. The Morgan fingerprint density at radius 3 is 2.46 bits per heavy atom. The van der Waals surface area contributed by atoms with Crippen LogP contribution in [0.15, 0.2) is 42.6 Å². The van der Waals surface area contributed by atoms with Crippen LogP contribution in [-0.4, -0.2) is 31.2 Å². The predicted octanol–water partition coefficient (Wildman–Crippen LogP) is 4.19. The quantitative estimate of drug-likeness (QED) is 0.725. The summed E-state index contributed by atoms with van der Waals surface area (Å²) in [4.78, 5) is 4.46. The van der Waals surface area contributed by atoms with Crippen molar-refractivity contribution in [2.75, 3.05) is 11.9 Å². The average molecular weight is 406 g/mol. The van der Waals surface area contributed by atoms with Crippen molar-refractivity contribution in [3.05, 3.63) is 48.4 Å². The third kappa shape index (κ3) is 5.52. The lowest BCUT2D eigenvalue weighted by Gasteiger charge is -2.29. The third-order valence-corrected chi connectivity index (χ3v) is 7.12. The van der Waals surface area contributed by atoms with Gasteiger partial charge in [0.2, 0.25) is 10.0 Å². The molecule has 2 N–H and O–H groups in total. The highest BCUT2D eigenvalue weighted by Crippen LogP contribution is 2.27. The molecule has 1 aromatic heterocycles. The van der Waals surface area contributed by atoms with Gasteiger partial charge in [0.25, 0.3) is 0 Å². The summed E-state index contributed by atoms with van der Waals surface area (Å²) in [6, 6.07) is 10.7. The second kappa shape index (κ2) is 9.01. The Labute approximate surface area is 166 Å². The number of hydrogen-bond acceptors (Lipinski definition) is 4. The number of nitrogens with zero attached hydrogens (tertiary/aromatic N) is 1. The normalized spacial score (nSPS) is 20.3. The first-order valence-corrected chi connectivity index (χ1v) is 11.3. The van der Waals surface area contributed by atoms with Crippen molar-refractivity contribution in [1.29, 1.82) is 0 Å². The minimum atomic E-state index is -3.19. The van der Waals surface area contributed by atoms with Gasteiger partial charge >= 0.3 is 0 Å². The van der Waals surface area contributed by atoms with E-state index in [0.29, 0.717) is 18.5 Å². The van der Waals surface area contributed by atoms with Crippen molar-refractivity contribution in [2.24, 2.45) is 5.92 Å². The topological polar surface area (TPSA) is 71.1 Å². The molecule has 0 saturated heterocycles. The van der Waals surface area contributed by atoms with E-state index < -0.39 is 15.3 Å². The standard InChI is InChI=1S/C21H28FN3O2S/c1-15(2)28(26,27)24-13-16-6-9-20(10-7-16)25-21-11-8-18(14-23-21)17-4-3-5-19(22)12-17/h3-5,8,11-12,14-16,20,24H,6-7,9-10,13H2,1-2H3,(H,23,25). The lowest BCUT2D eigenvalue weighted by atomic mass is 9.86. The molecule has 1 heterocycles. The van der Waals surface area contributed by atoms with Crippen LogP contribution in [0.5, 0.6) is 0 Å². The van der Waals surface area contributed by atoms with Crippen molar-refractivity contribution in [2.45, 2.75) is 50.8 Å². The summed E-state index contributed by atoms with van der Waals surface area (Å²) in [6.07, 6.45) is 5.70. The molecule has 0 radical (unpaired) electrons. The lowest BCUT2D eigenvalue weighted by Crippen LogP contribution is -2.37. The van der Waals surface area contributed by atoms with Crippen molar-refractivity contribution in [3.63, 3.8) is 0 Å². The van der Waals surface area contributed by atoms with Crippen molar-refractivity contribution >= 4 is 15.8 Å². The Kier molecular flexibility index (Phi) is 6.67. The van der Waals surface area contributed by atoms with E-state index in [-0.39, 0.29) is 5.82 Å². The molecular formula is C21H28FN3O2S. The van der Waals surface area contributed by atoms with Gasteiger partial charge in [-0.15, -0.1) is 0 Å². The van der Waals surface area contributed by atoms with Gasteiger partial charge in [-0.25, -0.2) is 22.5 Å². The van der Waals surface area contributed by atoms with Gasteiger partial charge in [-0.05, 0) is 75.3 Å². The monoisotopic (exact) mass is 405 g/mol. The maximum Gasteiger partial charge on any atom is 0.213 e. The maximum absolute atomic E-state index is 13.4. The van der Waals surface area contributed by atoms with Crippen LogP contribution in [0.2, 0.25) is 0 Å². The Morgan fingerprint density at radius 1 is 1.11 bits per heavy atom. The second-order valence-corrected chi connectivity index (χ2v) is 10.1. The van der Waals surface area contributed by atoms with E-state index in [1.807, 2.05) is 18.2 Å². The van der Waals surface area contributed by atoms with Crippen LogP contribution in [0, 0.1) is 11.7 Å². The molecule has 1 aliphatic carbocycles. The average Bonchev–Trinajstić information content (AvgIpc) is 2.68. The summed E-state index contributed by atoms with van der Waals surface area (Å²) < 4.78 is 39.8. The van der Waals surface area contributed by atoms with Crippen LogP contribution in [0.4, 0.5) is 10.2 Å². The summed E-state index contributed by atoms with van der Waals surface area (Å²) >= 11 is 0. The fourth-order valence-electron chi connectivity index (χ4n) is 3.44. The Balaban J connectivity index is 1.48. The van der Waals surface area contributed by atoms with E-state index in [1.165, 1.54) is 12.1 Å². The molecule has 5 nitrogen and oxygen atoms in total. The molecule has 1 aliphatic rings. The van der Waals surface area contributed by atoms with Gasteiger partial charge < -0.3 is 5.32 Å². The number of halogens is 1. The highest BCUT2D eigenvalue weighted by molar-refractivity contribution is 7.90. The number of nitrogens with one attached hydrogen (secondary N) is 2. The van der Waals surface area contributed by atoms with Crippen molar-refractivity contribution < 1.29 is 12.8 Å². The molecule has 152 valence electrons. The molecule has 0 unspecified atom stereocenters. The SMILES string of the molecule is CC(C)S(=O)(=O)NCC1CCC(Nc2ccc(-c3cccc(F)c3)cn2)CC1. The molecule has 0 amide bonds. The molecular weight excluding hydrogens is 377 g/mol. The van der Waals surface area contributed by atoms with Crippen LogP contribution in [0.3, 0.4) is 0 Å². The van der Waals surface area contributed by atoms with Crippen molar-refractivity contribution in [1.82, 2.24) is 9.71 Å². The van der Waals surface area contributed by atoms with E-state index in [2.05, 4.69) is 15.0 Å². The van der Waals surface area contributed by atoms with Gasteiger partial charge in [0.1, 0.15) is 11.6 Å². The van der Waals surface area contributed by atoms with Crippen molar-refractivity contribution in [3.8, 4) is 11.1 Å². The molecule has 0 bridgehead atoms. The molecule has 0 aliphatic heterocycles. The van der Waals surface area contributed by atoms with Gasteiger partial charge in [0, 0.05) is 24.3 Å². The van der Waals surface area contributed by atoms with Crippen LogP contribution >= 0.6 is 0 Å². The zero-order valence-corrected chi connectivity index (χ0v) is 17.2. The molecule has 1 aromatic carbocycles. The lowest BCUT2D eigenvalue weighted by molar-refractivity contribution is 0.336. The Bertz CT molecular complexity index is 877. The van der Waals surface area contributed by atoms with Gasteiger partial charge in [-0.1, -0.05) is 12.1 Å². The molecule has 3 rings (SSSR count). The van der Waals surface area contributed by atoms with Gasteiger partial charge in [0.05, 0.1) is 5.25 Å². The summed E-state index contributed by atoms with van der Waals surface area (Å²) in [5.74, 6) is 0.936. The van der Waals surface area contributed by atoms with E-state index in [4.69, 9.17) is 0 Å². The van der Waals surface area contributed by atoms with E-state index in [1.54, 1.807) is 26.1 Å². The summed E-state index contributed by atoms with van der Waals surface area (Å²) in [5, 5.41) is 3.06. The molecule has 7 heteroatoms. The summed E-state index contributed by atoms with van der Waals surface area (Å²) in [7, 11) is -3.19.